The first-order valence-electron chi connectivity index (χ1n) is 10.6. The summed E-state index contributed by atoms with van der Waals surface area (Å²) in [6.45, 7) is 8.24. The van der Waals surface area contributed by atoms with Crippen LogP contribution in [-0.2, 0) is 23.8 Å². The molecule has 1 spiro atoms. The SMILES string of the molecule is C[C@@H]1C(O)OC([C@H](O)C23C(C[C@@H](C(C)(C)C)C24COC(=O)[C@@H]4O)OC(=O)C3O)[C@]1(C)O. The van der Waals surface area contributed by atoms with E-state index in [1.165, 1.54) is 6.92 Å². The van der Waals surface area contributed by atoms with Gasteiger partial charge in [0.2, 0.25) is 0 Å². The number of hydrogen-bond acceptors (Lipinski definition) is 10. The van der Waals surface area contributed by atoms with Crippen LogP contribution in [0.25, 0.3) is 0 Å². The van der Waals surface area contributed by atoms with Gasteiger partial charge in [0.1, 0.15) is 18.8 Å². The topological polar surface area (TPSA) is 163 Å². The molecule has 0 aromatic rings. The smallest absolute Gasteiger partial charge is 0.336 e. The van der Waals surface area contributed by atoms with Crippen molar-refractivity contribution in [1.29, 1.82) is 0 Å². The molecule has 0 aromatic carbocycles. The molecular weight excluding hydrogens is 412 g/mol. The number of carbonyl (C=O) groups is 2. The van der Waals surface area contributed by atoms with Crippen molar-refractivity contribution in [2.45, 2.75) is 83.5 Å². The molecule has 1 saturated carbocycles. The third-order valence-corrected chi connectivity index (χ3v) is 8.54. The first-order chi connectivity index (χ1) is 14.1. The van der Waals surface area contributed by atoms with Crippen LogP contribution < -0.4 is 0 Å². The molecule has 6 unspecified atom stereocenters. The molecule has 3 heterocycles. The van der Waals surface area contributed by atoms with E-state index in [0.717, 1.165) is 0 Å². The Hall–Kier alpha value is -1.30. The predicted molar refractivity (Wildman–Crippen MR) is 102 cm³/mol. The van der Waals surface area contributed by atoms with E-state index in [2.05, 4.69) is 0 Å². The summed E-state index contributed by atoms with van der Waals surface area (Å²) in [6.07, 6.45) is -9.16. The van der Waals surface area contributed by atoms with Gasteiger partial charge in [0.25, 0.3) is 0 Å². The highest BCUT2D eigenvalue weighted by Gasteiger charge is 2.84. The molecule has 1 aliphatic carbocycles. The number of cyclic esters (lactones) is 1. The monoisotopic (exact) mass is 444 g/mol. The van der Waals surface area contributed by atoms with E-state index >= 15 is 0 Å². The van der Waals surface area contributed by atoms with Gasteiger partial charge in [-0.15, -0.1) is 0 Å². The summed E-state index contributed by atoms with van der Waals surface area (Å²) >= 11 is 0. The Morgan fingerprint density at radius 1 is 1.10 bits per heavy atom. The Morgan fingerprint density at radius 3 is 2.16 bits per heavy atom. The molecular formula is C21H32O10. The number of fused-ring (bicyclic) bond motifs is 2. The van der Waals surface area contributed by atoms with Crippen molar-refractivity contribution < 1.29 is 49.3 Å². The Kier molecular flexibility index (Phi) is 4.88. The van der Waals surface area contributed by atoms with E-state index in [9.17, 15) is 35.1 Å². The van der Waals surface area contributed by atoms with E-state index in [-0.39, 0.29) is 13.0 Å². The molecule has 3 aliphatic heterocycles. The Labute approximate surface area is 180 Å². The average molecular weight is 444 g/mol. The highest BCUT2D eigenvalue weighted by molar-refractivity contribution is 5.83. The third kappa shape index (κ3) is 2.54. The summed E-state index contributed by atoms with van der Waals surface area (Å²) in [6, 6.07) is 0. The molecule has 0 radical (unpaired) electrons. The largest absolute Gasteiger partial charge is 0.463 e. The van der Waals surface area contributed by atoms with Crippen molar-refractivity contribution in [1.82, 2.24) is 0 Å². The second-order valence-corrected chi connectivity index (χ2v) is 10.9. The molecule has 3 saturated heterocycles. The molecule has 31 heavy (non-hydrogen) atoms. The van der Waals surface area contributed by atoms with Crippen molar-refractivity contribution in [3.05, 3.63) is 0 Å². The Balaban J connectivity index is 1.94. The molecule has 11 atom stereocenters. The second-order valence-electron chi connectivity index (χ2n) is 10.9. The number of aliphatic hydroxyl groups excluding tert-OH is 4. The van der Waals surface area contributed by atoms with E-state index < -0.39 is 82.4 Å². The average Bonchev–Trinajstić information content (AvgIpc) is 3.28. The van der Waals surface area contributed by atoms with E-state index in [0.29, 0.717) is 0 Å². The van der Waals surface area contributed by atoms with Crippen molar-refractivity contribution in [3.63, 3.8) is 0 Å². The lowest BCUT2D eigenvalue weighted by Crippen LogP contribution is -2.68. The summed E-state index contributed by atoms with van der Waals surface area (Å²) in [4.78, 5) is 25.0. The molecule has 4 rings (SSSR count). The van der Waals surface area contributed by atoms with Crippen molar-refractivity contribution in [2.75, 3.05) is 6.61 Å². The Morgan fingerprint density at radius 2 is 1.71 bits per heavy atom. The van der Waals surface area contributed by atoms with Crippen molar-refractivity contribution in [2.24, 2.45) is 28.1 Å². The van der Waals surface area contributed by atoms with Gasteiger partial charge < -0.3 is 39.7 Å². The van der Waals surface area contributed by atoms with Crippen LogP contribution in [0.15, 0.2) is 0 Å². The molecule has 0 aromatic heterocycles. The van der Waals surface area contributed by atoms with Crippen LogP contribution in [0.3, 0.4) is 0 Å². The van der Waals surface area contributed by atoms with Gasteiger partial charge in [-0.25, -0.2) is 9.59 Å². The van der Waals surface area contributed by atoms with Gasteiger partial charge in [-0.3, -0.25) is 0 Å². The van der Waals surface area contributed by atoms with Gasteiger partial charge >= 0.3 is 11.9 Å². The van der Waals surface area contributed by atoms with Crippen LogP contribution >= 0.6 is 0 Å². The fraction of sp³-hybridized carbons (Fsp3) is 0.905. The van der Waals surface area contributed by atoms with E-state index in [1.54, 1.807) is 6.92 Å². The molecule has 10 nitrogen and oxygen atoms in total. The zero-order valence-corrected chi connectivity index (χ0v) is 18.3. The van der Waals surface area contributed by atoms with Gasteiger partial charge in [-0.1, -0.05) is 27.7 Å². The maximum Gasteiger partial charge on any atom is 0.336 e. The third-order valence-electron chi connectivity index (χ3n) is 8.54. The Bertz CT molecular complexity index is 790. The zero-order valence-electron chi connectivity index (χ0n) is 18.3. The number of carbonyl (C=O) groups excluding carboxylic acids is 2. The van der Waals surface area contributed by atoms with Crippen LogP contribution in [0.5, 0.6) is 0 Å². The lowest BCUT2D eigenvalue weighted by Gasteiger charge is -2.52. The molecule has 176 valence electrons. The highest BCUT2D eigenvalue weighted by Crippen LogP contribution is 2.70. The predicted octanol–water partition coefficient (Wildman–Crippen LogP) is -1.31. The van der Waals surface area contributed by atoms with Gasteiger partial charge in [-0.2, -0.15) is 0 Å². The maximum absolute atomic E-state index is 12.5. The molecule has 4 aliphatic rings. The normalized spacial score (nSPS) is 53.0. The first-order valence-corrected chi connectivity index (χ1v) is 10.6. The summed E-state index contributed by atoms with van der Waals surface area (Å²) in [5.41, 5.74) is -5.77. The number of ether oxygens (including phenoxy) is 3. The summed E-state index contributed by atoms with van der Waals surface area (Å²) in [5, 5.41) is 55.2. The zero-order chi connectivity index (χ0) is 23.3. The van der Waals surface area contributed by atoms with Crippen LogP contribution in [-0.4, -0.2) is 86.5 Å². The highest BCUT2D eigenvalue weighted by atomic mass is 16.6. The number of esters is 2. The maximum atomic E-state index is 12.5. The standard InChI is InChI=1S/C21H32O10/c1-8-15(25)31-14(19(8,5)28)11(22)21-10(30-17(27)13(21)24)6-9(18(2,3)4)20(21)7-29-16(26)12(20)23/h8-15,22-25,28H,6-7H2,1-5H3/t8-,9+,10?,11+,12+,13?,14?,15?,19-,20?,21?/m1/s1. The van der Waals surface area contributed by atoms with Gasteiger partial charge in [0, 0.05) is 5.92 Å². The van der Waals surface area contributed by atoms with Crippen LogP contribution in [0.2, 0.25) is 0 Å². The van der Waals surface area contributed by atoms with Crippen LogP contribution in [0.4, 0.5) is 0 Å². The number of hydrogen-bond donors (Lipinski definition) is 5. The minimum Gasteiger partial charge on any atom is -0.463 e. The summed E-state index contributed by atoms with van der Waals surface area (Å²) in [7, 11) is 0. The molecule has 5 N–H and O–H groups in total. The fourth-order valence-corrected chi connectivity index (χ4v) is 6.76. The lowest BCUT2D eigenvalue weighted by atomic mass is 9.51. The van der Waals surface area contributed by atoms with Gasteiger partial charge in [0.15, 0.2) is 18.5 Å². The molecule has 0 bridgehead atoms. The minimum absolute atomic E-state index is 0.157. The minimum atomic E-state index is -1.91. The number of rotatable bonds is 2. The van der Waals surface area contributed by atoms with E-state index in [4.69, 9.17) is 14.2 Å². The molecule has 10 heteroatoms. The quantitative estimate of drug-likeness (QED) is 0.323. The first kappa shape index (κ1) is 22.9. The second kappa shape index (κ2) is 6.61. The van der Waals surface area contributed by atoms with Gasteiger partial charge in [0.05, 0.1) is 22.5 Å². The summed E-state index contributed by atoms with van der Waals surface area (Å²) < 4.78 is 16.2. The lowest BCUT2D eigenvalue weighted by molar-refractivity contribution is -0.231. The van der Waals surface area contributed by atoms with Crippen LogP contribution in [0, 0.1) is 28.1 Å². The van der Waals surface area contributed by atoms with E-state index in [1.807, 2.05) is 20.8 Å². The molecule has 0 amide bonds. The molecule has 4 fully saturated rings. The fourth-order valence-electron chi connectivity index (χ4n) is 6.76. The number of aliphatic hydroxyl groups is 5. The van der Waals surface area contributed by atoms with Crippen LogP contribution in [0.1, 0.15) is 41.0 Å². The van der Waals surface area contributed by atoms with Crippen molar-refractivity contribution >= 4 is 11.9 Å². The summed E-state index contributed by atoms with van der Waals surface area (Å²) in [5.74, 6) is -3.20. The van der Waals surface area contributed by atoms with Crippen molar-refractivity contribution in [3.8, 4) is 0 Å². The van der Waals surface area contributed by atoms with Gasteiger partial charge in [-0.05, 0) is 24.7 Å².